The molecule has 7 nitrogen and oxygen atoms in total. The number of hydrogen-bond donors (Lipinski definition) is 2. The Kier molecular flexibility index (Phi) is 5.07. The smallest absolute Gasteiger partial charge is 0.254 e. The number of amides is 1. The molecule has 1 unspecified atom stereocenters. The largest absolute Gasteiger partial charge is 0.350 e. The first-order valence-electron chi connectivity index (χ1n) is 8.42. The molecule has 0 saturated carbocycles. The molecular weight excluding hydrogens is 292 g/mol. The van der Waals surface area contributed by atoms with Crippen LogP contribution in [0.15, 0.2) is 6.20 Å². The maximum absolute atomic E-state index is 12.3. The number of aromatic nitrogens is 2. The molecule has 3 rings (SSSR count). The summed E-state index contributed by atoms with van der Waals surface area (Å²) in [5.74, 6) is 0.644. The lowest BCUT2D eigenvalue weighted by Crippen LogP contribution is -2.45. The first-order valence-corrected chi connectivity index (χ1v) is 8.42. The van der Waals surface area contributed by atoms with Gasteiger partial charge in [-0.25, -0.2) is 9.97 Å². The van der Waals surface area contributed by atoms with Gasteiger partial charge < -0.3 is 20.4 Å². The first kappa shape index (κ1) is 16.1. The third-order valence-electron chi connectivity index (χ3n) is 4.67. The Bertz CT molecular complexity index is 550. The van der Waals surface area contributed by atoms with Crippen molar-refractivity contribution in [1.82, 2.24) is 25.5 Å². The van der Waals surface area contributed by atoms with Crippen molar-refractivity contribution in [2.75, 3.05) is 51.2 Å². The standard InChI is InChI=1S/C16H26N6O/c1-12-14(15(23)18-10-13-4-3-5-17-13)11-19-16(20-12)22-8-6-21(2)7-9-22/h11,13,17H,3-10H2,1-2H3,(H,18,23). The Morgan fingerprint density at radius 3 is 2.83 bits per heavy atom. The van der Waals surface area contributed by atoms with Crippen molar-refractivity contribution in [2.24, 2.45) is 0 Å². The van der Waals surface area contributed by atoms with E-state index in [9.17, 15) is 4.79 Å². The van der Waals surface area contributed by atoms with Crippen molar-refractivity contribution >= 4 is 11.9 Å². The van der Waals surface area contributed by atoms with Crippen molar-refractivity contribution in [1.29, 1.82) is 0 Å². The van der Waals surface area contributed by atoms with Crippen LogP contribution in [0.1, 0.15) is 28.9 Å². The highest BCUT2D eigenvalue weighted by Crippen LogP contribution is 2.13. The summed E-state index contributed by atoms with van der Waals surface area (Å²) in [5, 5.41) is 6.36. The molecule has 2 aliphatic heterocycles. The van der Waals surface area contributed by atoms with Crippen molar-refractivity contribution < 1.29 is 4.79 Å². The van der Waals surface area contributed by atoms with Crippen LogP contribution in [-0.4, -0.2) is 73.1 Å². The van der Waals surface area contributed by atoms with Gasteiger partial charge in [-0.15, -0.1) is 0 Å². The Morgan fingerprint density at radius 2 is 2.17 bits per heavy atom. The summed E-state index contributed by atoms with van der Waals surface area (Å²) in [7, 11) is 2.12. The van der Waals surface area contributed by atoms with Crippen LogP contribution in [0.4, 0.5) is 5.95 Å². The average Bonchev–Trinajstić information content (AvgIpc) is 3.06. The second kappa shape index (κ2) is 7.23. The number of nitrogens with one attached hydrogen (secondary N) is 2. The van der Waals surface area contributed by atoms with Gasteiger partial charge in [0, 0.05) is 45.0 Å². The van der Waals surface area contributed by atoms with E-state index in [4.69, 9.17) is 0 Å². The molecule has 2 N–H and O–H groups in total. The fourth-order valence-electron chi connectivity index (χ4n) is 3.08. The summed E-state index contributed by atoms with van der Waals surface area (Å²) in [6.07, 6.45) is 3.97. The zero-order valence-electron chi connectivity index (χ0n) is 14.0. The number of anilines is 1. The molecule has 0 spiro atoms. The van der Waals surface area contributed by atoms with E-state index in [-0.39, 0.29) is 5.91 Å². The lowest BCUT2D eigenvalue weighted by Gasteiger charge is -2.32. The van der Waals surface area contributed by atoms with Gasteiger partial charge >= 0.3 is 0 Å². The summed E-state index contributed by atoms with van der Waals surface area (Å²) in [4.78, 5) is 25.7. The normalized spacial score (nSPS) is 22.3. The summed E-state index contributed by atoms with van der Waals surface area (Å²) >= 11 is 0. The van der Waals surface area contributed by atoms with Gasteiger partial charge in [-0.1, -0.05) is 0 Å². The molecule has 126 valence electrons. The molecule has 0 radical (unpaired) electrons. The molecule has 0 aromatic carbocycles. The summed E-state index contributed by atoms with van der Waals surface area (Å²) in [5.41, 5.74) is 1.31. The fourth-order valence-corrected chi connectivity index (χ4v) is 3.08. The Labute approximate surface area is 137 Å². The minimum Gasteiger partial charge on any atom is -0.350 e. The molecule has 0 bridgehead atoms. The van der Waals surface area contributed by atoms with Crippen molar-refractivity contribution in [3.8, 4) is 0 Å². The van der Waals surface area contributed by atoms with Gasteiger partial charge in [0.2, 0.25) is 5.95 Å². The van der Waals surface area contributed by atoms with Gasteiger partial charge in [0.05, 0.1) is 11.3 Å². The molecule has 2 fully saturated rings. The summed E-state index contributed by atoms with van der Waals surface area (Å²) in [6, 6.07) is 0.393. The van der Waals surface area contributed by atoms with Crippen LogP contribution >= 0.6 is 0 Å². The molecule has 7 heteroatoms. The van der Waals surface area contributed by atoms with E-state index in [1.165, 1.54) is 6.42 Å². The average molecular weight is 318 g/mol. The van der Waals surface area contributed by atoms with Crippen molar-refractivity contribution in [3.63, 3.8) is 0 Å². The van der Waals surface area contributed by atoms with Crippen LogP contribution in [0.25, 0.3) is 0 Å². The van der Waals surface area contributed by atoms with Crippen molar-refractivity contribution in [2.45, 2.75) is 25.8 Å². The third-order valence-corrected chi connectivity index (χ3v) is 4.67. The van der Waals surface area contributed by atoms with E-state index < -0.39 is 0 Å². The molecule has 2 aliphatic rings. The summed E-state index contributed by atoms with van der Waals surface area (Å²) in [6.45, 7) is 7.46. The van der Waals surface area contributed by atoms with E-state index in [0.29, 0.717) is 18.2 Å². The van der Waals surface area contributed by atoms with Gasteiger partial charge in [-0.3, -0.25) is 4.79 Å². The highest BCUT2D eigenvalue weighted by molar-refractivity contribution is 5.95. The number of aryl methyl sites for hydroxylation is 1. The van der Waals surface area contributed by atoms with E-state index in [0.717, 1.165) is 50.8 Å². The number of likely N-dealkylation sites (N-methyl/N-ethyl adjacent to an activating group) is 1. The zero-order chi connectivity index (χ0) is 16.2. The highest BCUT2D eigenvalue weighted by atomic mass is 16.1. The Morgan fingerprint density at radius 1 is 1.39 bits per heavy atom. The van der Waals surface area contributed by atoms with Crippen LogP contribution in [0.2, 0.25) is 0 Å². The Balaban J connectivity index is 1.60. The van der Waals surface area contributed by atoms with Crippen LogP contribution in [0, 0.1) is 6.92 Å². The Hall–Kier alpha value is -1.73. The van der Waals surface area contributed by atoms with E-state index in [2.05, 4.69) is 37.4 Å². The van der Waals surface area contributed by atoms with Gasteiger partial charge in [0.1, 0.15) is 0 Å². The second-order valence-electron chi connectivity index (χ2n) is 6.46. The maximum Gasteiger partial charge on any atom is 0.254 e. The number of rotatable bonds is 4. The van der Waals surface area contributed by atoms with Gasteiger partial charge in [0.25, 0.3) is 5.91 Å². The minimum absolute atomic E-state index is 0.0823. The number of carbonyl (C=O) groups excluding carboxylic acids is 1. The highest BCUT2D eigenvalue weighted by Gasteiger charge is 2.20. The monoisotopic (exact) mass is 318 g/mol. The minimum atomic E-state index is -0.0823. The third kappa shape index (κ3) is 3.97. The first-order chi connectivity index (χ1) is 11.1. The number of piperazine rings is 1. The van der Waals surface area contributed by atoms with Crippen LogP contribution in [0.5, 0.6) is 0 Å². The van der Waals surface area contributed by atoms with Gasteiger partial charge in [-0.2, -0.15) is 0 Å². The molecule has 1 aromatic heterocycles. The summed E-state index contributed by atoms with van der Waals surface area (Å²) < 4.78 is 0. The molecule has 0 aliphatic carbocycles. The second-order valence-corrected chi connectivity index (χ2v) is 6.46. The fraction of sp³-hybridized carbons (Fsp3) is 0.688. The molecule has 1 atom stereocenters. The van der Waals surface area contributed by atoms with E-state index in [1.54, 1.807) is 6.20 Å². The predicted molar refractivity (Wildman–Crippen MR) is 89.8 cm³/mol. The molecular formula is C16H26N6O. The quantitative estimate of drug-likeness (QED) is 0.815. The van der Waals surface area contributed by atoms with Crippen molar-refractivity contribution in [3.05, 3.63) is 17.5 Å². The zero-order valence-corrected chi connectivity index (χ0v) is 14.0. The van der Waals surface area contributed by atoms with Gasteiger partial charge in [-0.05, 0) is 33.4 Å². The maximum atomic E-state index is 12.3. The van der Waals surface area contributed by atoms with Crippen LogP contribution in [-0.2, 0) is 0 Å². The lowest BCUT2D eigenvalue weighted by molar-refractivity contribution is 0.0949. The molecule has 3 heterocycles. The topological polar surface area (TPSA) is 73.4 Å². The van der Waals surface area contributed by atoms with Crippen LogP contribution < -0.4 is 15.5 Å². The number of nitrogens with zero attached hydrogens (tertiary/aromatic N) is 4. The lowest BCUT2D eigenvalue weighted by atomic mass is 10.2. The van der Waals surface area contributed by atoms with E-state index in [1.807, 2.05) is 6.92 Å². The number of hydrogen-bond acceptors (Lipinski definition) is 6. The molecule has 1 amide bonds. The molecule has 2 saturated heterocycles. The molecule has 23 heavy (non-hydrogen) atoms. The predicted octanol–water partition coefficient (Wildman–Crippen LogP) is 0.0186. The molecule has 1 aromatic rings. The van der Waals surface area contributed by atoms with E-state index >= 15 is 0 Å². The number of carbonyl (C=O) groups is 1. The SMILES string of the molecule is Cc1nc(N2CCN(C)CC2)ncc1C(=O)NCC1CCCN1. The van der Waals surface area contributed by atoms with Crippen LogP contribution in [0.3, 0.4) is 0 Å². The van der Waals surface area contributed by atoms with Gasteiger partial charge in [0.15, 0.2) is 0 Å².